The van der Waals surface area contributed by atoms with Crippen LogP contribution in [0.25, 0.3) is 0 Å². The number of cyclic esters (lactones) is 2. The number of carboxylic acids is 4. The molecule has 0 amide bonds. The molecule has 1 fully saturated rings. The minimum absolute atomic E-state index is 0.0186. The molecule has 1 aromatic rings. The summed E-state index contributed by atoms with van der Waals surface area (Å²) in [6.07, 6.45) is 15.1. The molecule has 4 aliphatic rings. The average Bonchev–Trinajstić information content (AvgIpc) is 3.77. The van der Waals surface area contributed by atoms with Crippen molar-refractivity contribution in [2.75, 3.05) is 6.61 Å². The van der Waals surface area contributed by atoms with Gasteiger partial charge in [-0.1, -0.05) is 30.4 Å². The van der Waals surface area contributed by atoms with Gasteiger partial charge in [-0.15, -0.1) is 0 Å². The Morgan fingerprint density at radius 3 is 1.68 bits per heavy atom. The van der Waals surface area contributed by atoms with Crippen molar-refractivity contribution in [2.45, 2.75) is 51.6 Å². The van der Waals surface area contributed by atoms with Crippen molar-refractivity contribution in [3.05, 3.63) is 71.8 Å². The van der Waals surface area contributed by atoms with Crippen LogP contribution in [0.3, 0.4) is 0 Å². The Kier molecular flexibility index (Phi) is 16.6. The lowest BCUT2D eigenvalue weighted by Crippen LogP contribution is -2.12. The van der Waals surface area contributed by atoms with Crippen LogP contribution in [-0.4, -0.2) is 79.2 Å². The summed E-state index contributed by atoms with van der Waals surface area (Å²) in [5, 5.41) is 49.3. The summed E-state index contributed by atoms with van der Waals surface area (Å²) >= 11 is 0. The zero-order chi connectivity index (χ0) is 33.2. The van der Waals surface area contributed by atoms with E-state index in [0.717, 1.165) is 41.9 Å². The van der Waals surface area contributed by atoms with E-state index in [4.69, 9.17) is 30.6 Å². The van der Waals surface area contributed by atoms with Gasteiger partial charge in [-0.2, -0.15) is 0 Å². The fraction of sp³-hybridized carbons (Fsp3) is 0.419. The molecule has 0 radical (unpaired) electrons. The highest BCUT2D eigenvalue weighted by molar-refractivity contribution is 6.04. The van der Waals surface area contributed by atoms with Crippen LogP contribution in [0, 0.1) is 23.7 Å². The molecule has 0 spiro atoms. The zero-order valence-electron chi connectivity index (χ0n) is 24.2. The van der Waals surface area contributed by atoms with Gasteiger partial charge in [0.1, 0.15) is 0 Å². The standard InChI is InChI=1S/C10H12.C8H6O4.C6H10O4.C4H2O3.C3H8O2/c1-2-9-7-4-5-8(6-7)10(9)3-1;9-7(10)5-2-1-3-6(4-5)8(11)12;7-5(8)3-1-2-4-6(9)10;5-3-1-2-4(6)7-3;1-3(5)2-4/h1-2,4-5,7-10H,3,6H2;1-4H,(H,9,10)(H,11,12);1-4H2,(H,7,8)(H,9,10);1-2H;3-5H,2H2,1H3. The lowest BCUT2D eigenvalue weighted by atomic mass is 9.86. The molecule has 6 N–H and O–H groups in total. The fourth-order valence-electron chi connectivity index (χ4n) is 4.61. The molecule has 5 unspecified atom stereocenters. The molecule has 5 atom stereocenters. The van der Waals surface area contributed by atoms with E-state index >= 15 is 0 Å². The molecule has 1 saturated carbocycles. The Morgan fingerprint density at radius 1 is 0.841 bits per heavy atom. The Hall–Kier alpha value is -4.62. The van der Waals surface area contributed by atoms with Crippen LogP contribution < -0.4 is 0 Å². The van der Waals surface area contributed by atoms with Crippen LogP contribution in [0.1, 0.15) is 66.2 Å². The number of aliphatic carboxylic acids is 2. The van der Waals surface area contributed by atoms with Gasteiger partial charge in [-0.3, -0.25) is 9.59 Å². The van der Waals surface area contributed by atoms with Gasteiger partial charge in [0.2, 0.25) is 0 Å². The largest absolute Gasteiger partial charge is 0.481 e. The number of carbonyl (C=O) groups is 6. The van der Waals surface area contributed by atoms with Gasteiger partial charge in [0.25, 0.3) is 0 Å². The number of esters is 2. The van der Waals surface area contributed by atoms with Crippen molar-refractivity contribution in [2.24, 2.45) is 23.7 Å². The number of aliphatic hydroxyl groups is 2. The second-order valence-electron chi connectivity index (χ2n) is 10.1. The van der Waals surface area contributed by atoms with Crippen molar-refractivity contribution < 1.29 is 64.1 Å². The first-order valence-corrected chi connectivity index (χ1v) is 13.8. The first kappa shape index (κ1) is 37.4. The predicted octanol–water partition coefficient (Wildman–Crippen LogP) is 3.17. The van der Waals surface area contributed by atoms with Gasteiger partial charge in [0.15, 0.2) is 0 Å². The van der Waals surface area contributed by atoms with Crippen molar-refractivity contribution >= 4 is 35.8 Å². The summed E-state index contributed by atoms with van der Waals surface area (Å²) in [4.78, 5) is 60.4. The highest BCUT2D eigenvalue weighted by Gasteiger charge is 2.44. The molecule has 13 nitrogen and oxygen atoms in total. The Balaban J connectivity index is 0.000000283. The van der Waals surface area contributed by atoms with Crippen molar-refractivity contribution in [3.8, 4) is 0 Å². The van der Waals surface area contributed by atoms with Crippen molar-refractivity contribution in [1.29, 1.82) is 0 Å². The average molecular weight is 619 g/mol. The van der Waals surface area contributed by atoms with Crippen LogP contribution in [0.4, 0.5) is 0 Å². The Morgan fingerprint density at radius 2 is 1.32 bits per heavy atom. The number of rotatable bonds is 8. The number of allylic oxidation sites excluding steroid dienone is 4. The van der Waals surface area contributed by atoms with Crippen LogP contribution in [-0.2, 0) is 23.9 Å². The number of unbranched alkanes of at least 4 members (excludes halogenated alkanes) is 1. The van der Waals surface area contributed by atoms with Crippen molar-refractivity contribution in [3.63, 3.8) is 0 Å². The van der Waals surface area contributed by atoms with E-state index in [0.29, 0.717) is 12.8 Å². The highest BCUT2D eigenvalue weighted by Crippen LogP contribution is 2.52. The third kappa shape index (κ3) is 14.5. The normalized spacial score (nSPS) is 21.5. The molecule has 13 heteroatoms. The van der Waals surface area contributed by atoms with Gasteiger partial charge in [0, 0.05) is 25.0 Å². The number of aromatic carboxylic acids is 2. The Bertz CT molecular complexity index is 1180. The highest BCUT2D eigenvalue weighted by atomic mass is 16.6. The maximum atomic E-state index is 10.4. The summed E-state index contributed by atoms with van der Waals surface area (Å²) in [7, 11) is 0. The molecular weight excluding hydrogens is 580 g/mol. The first-order valence-electron chi connectivity index (χ1n) is 13.8. The van der Waals surface area contributed by atoms with E-state index in [9.17, 15) is 28.8 Å². The second kappa shape index (κ2) is 19.5. The van der Waals surface area contributed by atoms with Crippen molar-refractivity contribution in [1.82, 2.24) is 0 Å². The number of fused-ring (bicyclic) bond motifs is 5. The minimum Gasteiger partial charge on any atom is -0.481 e. The third-order valence-electron chi connectivity index (χ3n) is 6.66. The number of hydrogen-bond donors (Lipinski definition) is 6. The SMILES string of the molecule is C1=CC2C3C=CC(C3)C2C1.CC(O)CO.O=C(O)CCCCC(=O)O.O=C(O)c1cccc(C(=O)O)c1.O=C1C=CC(=O)O1. The molecule has 5 rings (SSSR count). The maximum absolute atomic E-state index is 10.4. The van der Waals surface area contributed by atoms with E-state index in [1.165, 1.54) is 38.0 Å². The molecule has 240 valence electrons. The third-order valence-corrected chi connectivity index (χ3v) is 6.66. The number of carbonyl (C=O) groups excluding carboxylic acids is 2. The summed E-state index contributed by atoms with van der Waals surface area (Å²) < 4.78 is 3.97. The smallest absolute Gasteiger partial charge is 0.338 e. The molecule has 1 heterocycles. The first-order chi connectivity index (χ1) is 20.7. The molecule has 44 heavy (non-hydrogen) atoms. The Labute approximate surface area is 253 Å². The van der Waals surface area contributed by atoms with E-state index in [-0.39, 0.29) is 30.6 Å². The second-order valence-corrected chi connectivity index (χ2v) is 10.1. The van der Waals surface area contributed by atoms with E-state index in [1.807, 2.05) is 0 Å². The number of aliphatic hydroxyl groups excluding tert-OH is 2. The van der Waals surface area contributed by atoms with Crippen LogP contribution in [0.2, 0.25) is 0 Å². The maximum Gasteiger partial charge on any atom is 0.338 e. The fourth-order valence-corrected chi connectivity index (χ4v) is 4.61. The summed E-state index contributed by atoms with van der Waals surface area (Å²) in [5.74, 6) is -1.33. The number of carboxylic acid groups (broad SMARTS) is 4. The van der Waals surface area contributed by atoms with Gasteiger partial charge >= 0.3 is 35.8 Å². The lowest BCUT2D eigenvalue weighted by molar-refractivity contribution is -0.150. The van der Waals surface area contributed by atoms with Gasteiger partial charge in [-0.05, 0) is 74.5 Å². The molecule has 2 bridgehead atoms. The van der Waals surface area contributed by atoms with Crippen LogP contribution in [0.15, 0.2) is 60.7 Å². The van der Waals surface area contributed by atoms with E-state index in [2.05, 4.69) is 29.0 Å². The van der Waals surface area contributed by atoms with Gasteiger partial charge < -0.3 is 35.4 Å². The summed E-state index contributed by atoms with van der Waals surface area (Å²) in [6, 6.07) is 5.20. The monoisotopic (exact) mass is 618 g/mol. The topological polar surface area (TPSA) is 233 Å². The van der Waals surface area contributed by atoms with Gasteiger partial charge in [0.05, 0.1) is 23.8 Å². The number of hydrogen-bond acceptors (Lipinski definition) is 9. The zero-order valence-corrected chi connectivity index (χ0v) is 24.2. The molecular formula is C31H38O13. The summed E-state index contributed by atoms with van der Waals surface area (Å²) in [6.45, 7) is 1.39. The number of ether oxygens (including phenoxy) is 1. The predicted molar refractivity (Wildman–Crippen MR) is 155 cm³/mol. The van der Waals surface area contributed by atoms with Crippen LogP contribution in [0.5, 0.6) is 0 Å². The number of benzene rings is 1. The quantitative estimate of drug-likeness (QED) is 0.106. The molecule has 0 saturated heterocycles. The van der Waals surface area contributed by atoms with Crippen LogP contribution >= 0.6 is 0 Å². The summed E-state index contributed by atoms with van der Waals surface area (Å²) in [5.41, 5.74) is -0.0372. The van der Waals surface area contributed by atoms with E-state index < -0.39 is 41.9 Å². The lowest BCUT2D eigenvalue weighted by Gasteiger charge is -2.18. The molecule has 1 aliphatic heterocycles. The molecule has 3 aliphatic carbocycles. The van der Waals surface area contributed by atoms with Gasteiger partial charge in [-0.25, -0.2) is 19.2 Å². The minimum atomic E-state index is -1.13. The molecule has 0 aromatic heterocycles. The van der Waals surface area contributed by atoms with E-state index in [1.54, 1.807) is 0 Å². The molecule has 1 aromatic carbocycles.